The summed E-state index contributed by atoms with van der Waals surface area (Å²) in [6.07, 6.45) is 3.02. The lowest BCUT2D eigenvalue weighted by Gasteiger charge is -2.50. The van der Waals surface area contributed by atoms with Gasteiger partial charge in [-0.3, -0.25) is 14.5 Å². The van der Waals surface area contributed by atoms with Gasteiger partial charge in [0.2, 0.25) is 11.8 Å². The van der Waals surface area contributed by atoms with Crippen LogP contribution in [-0.4, -0.2) is 73.6 Å². The number of nitriles is 1. The van der Waals surface area contributed by atoms with Gasteiger partial charge >= 0.3 is 0 Å². The number of hydrogen-bond donors (Lipinski definition) is 1. The van der Waals surface area contributed by atoms with E-state index in [9.17, 15) is 14.9 Å². The van der Waals surface area contributed by atoms with Crippen LogP contribution in [0.15, 0.2) is 0 Å². The molecule has 1 spiro atoms. The van der Waals surface area contributed by atoms with E-state index in [-0.39, 0.29) is 17.4 Å². The molecule has 0 aromatic rings. The zero-order chi connectivity index (χ0) is 17.2. The Morgan fingerprint density at radius 2 is 2.00 bits per heavy atom. The molecule has 0 aliphatic carbocycles. The van der Waals surface area contributed by atoms with Crippen LogP contribution < -0.4 is 5.32 Å². The van der Waals surface area contributed by atoms with E-state index < -0.39 is 5.41 Å². The zero-order valence-corrected chi connectivity index (χ0v) is 14.3. The zero-order valence-electron chi connectivity index (χ0n) is 14.3. The molecule has 3 aliphatic heterocycles. The SMILES string of the molecule is CN1CCN(C(=O)C2(C#N)CCOCC2)C[C@]12CCNC(=O)CC2. The van der Waals surface area contributed by atoms with Crippen LogP contribution in [0, 0.1) is 16.7 Å². The van der Waals surface area contributed by atoms with E-state index in [1.54, 1.807) is 0 Å². The number of carbonyl (C=O) groups is 2. The van der Waals surface area contributed by atoms with Crippen molar-refractivity contribution in [2.24, 2.45) is 5.41 Å². The minimum absolute atomic E-state index is 0.0516. The molecule has 7 heteroatoms. The number of likely N-dealkylation sites (N-methyl/N-ethyl adjacent to an activating group) is 1. The van der Waals surface area contributed by atoms with Crippen molar-refractivity contribution in [1.82, 2.24) is 15.1 Å². The lowest BCUT2D eigenvalue weighted by Crippen LogP contribution is -2.64. The summed E-state index contributed by atoms with van der Waals surface area (Å²) in [7, 11) is 2.08. The topological polar surface area (TPSA) is 85.7 Å². The first kappa shape index (κ1) is 17.2. The first-order valence-electron chi connectivity index (χ1n) is 8.78. The molecule has 3 heterocycles. The van der Waals surface area contributed by atoms with E-state index in [1.165, 1.54) is 0 Å². The van der Waals surface area contributed by atoms with Gasteiger partial charge in [-0.15, -0.1) is 0 Å². The minimum Gasteiger partial charge on any atom is -0.381 e. The average molecular weight is 334 g/mol. The van der Waals surface area contributed by atoms with Gasteiger partial charge in [-0.25, -0.2) is 0 Å². The molecule has 0 saturated carbocycles. The van der Waals surface area contributed by atoms with Crippen molar-refractivity contribution in [3.8, 4) is 6.07 Å². The normalized spacial score (nSPS) is 31.2. The Bertz CT molecular complexity index is 553. The van der Waals surface area contributed by atoms with E-state index >= 15 is 0 Å². The summed E-state index contributed by atoms with van der Waals surface area (Å²) in [4.78, 5) is 29.0. The van der Waals surface area contributed by atoms with Gasteiger partial charge in [0.05, 0.1) is 6.07 Å². The van der Waals surface area contributed by atoms with Crippen molar-refractivity contribution in [3.05, 3.63) is 0 Å². The first-order chi connectivity index (χ1) is 11.5. The Balaban J connectivity index is 1.78. The monoisotopic (exact) mass is 334 g/mol. The highest BCUT2D eigenvalue weighted by Gasteiger charge is 2.48. The first-order valence-corrected chi connectivity index (χ1v) is 8.78. The van der Waals surface area contributed by atoms with Gasteiger partial charge in [0, 0.05) is 51.4 Å². The van der Waals surface area contributed by atoms with Crippen LogP contribution in [0.5, 0.6) is 0 Å². The maximum atomic E-state index is 13.1. The van der Waals surface area contributed by atoms with E-state index in [0.717, 1.165) is 19.4 Å². The molecule has 2 amide bonds. The van der Waals surface area contributed by atoms with Gasteiger partial charge in [-0.05, 0) is 32.7 Å². The molecule has 3 rings (SSSR count). The van der Waals surface area contributed by atoms with Crippen molar-refractivity contribution in [3.63, 3.8) is 0 Å². The van der Waals surface area contributed by atoms with Gasteiger partial charge in [0.15, 0.2) is 0 Å². The molecule has 24 heavy (non-hydrogen) atoms. The predicted octanol–water partition coefficient (Wildman–Crippen LogP) is 0.120. The summed E-state index contributed by atoms with van der Waals surface area (Å²) in [6.45, 7) is 3.60. The van der Waals surface area contributed by atoms with Crippen molar-refractivity contribution in [2.75, 3.05) is 46.4 Å². The summed E-state index contributed by atoms with van der Waals surface area (Å²) in [5, 5.41) is 12.6. The molecule has 0 aromatic carbocycles. The van der Waals surface area contributed by atoms with Crippen molar-refractivity contribution >= 4 is 11.8 Å². The Hall–Kier alpha value is -1.65. The number of amides is 2. The third kappa shape index (κ3) is 3.01. The highest BCUT2D eigenvalue weighted by atomic mass is 16.5. The maximum absolute atomic E-state index is 13.1. The summed E-state index contributed by atoms with van der Waals surface area (Å²) < 4.78 is 5.34. The quantitative estimate of drug-likeness (QED) is 0.736. The summed E-state index contributed by atoms with van der Waals surface area (Å²) in [5.41, 5.74) is -1.11. The second-order valence-electron chi connectivity index (χ2n) is 7.28. The van der Waals surface area contributed by atoms with E-state index in [0.29, 0.717) is 52.1 Å². The lowest BCUT2D eigenvalue weighted by atomic mass is 9.79. The fraction of sp³-hybridized carbons (Fsp3) is 0.824. The molecule has 7 nitrogen and oxygen atoms in total. The molecule has 1 N–H and O–H groups in total. The molecule has 132 valence electrons. The Labute approximate surface area is 142 Å². The smallest absolute Gasteiger partial charge is 0.243 e. The van der Waals surface area contributed by atoms with Crippen molar-refractivity contribution in [1.29, 1.82) is 5.26 Å². The van der Waals surface area contributed by atoms with Gasteiger partial charge in [-0.2, -0.15) is 5.26 Å². The number of ether oxygens (including phenoxy) is 1. The second kappa shape index (κ2) is 6.69. The number of hydrogen-bond acceptors (Lipinski definition) is 5. The number of rotatable bonds is 1. The molecule has 0 unspecified atom stereocenters. The lowest BCUT2D eigenvalue weighted by molar-refractivity contribution is -0.149. The molecule has 1 atom stereocenters. The number of piperazine rings is 1. The maximum Gasteiger partial charge on any atom is 0.243 e. The van der Waals surface area contributed by atoms with Gasteiger partial charge < -0.3 is 15.0 Å². The van der Waals surface area contributed by atoms with Crippen LogP contribution in [0.4, 0.5) is 0 Å². The van der Waals surface area contributed by atoms with E-state index in [1.807, 2.05) is 4.90 Å². The summed E-state index contributed by atoms with van der Waals surface area (Å²) >= 11 is 0. The van der Waals surface area contributed by atoms with Crippen LogP contribution in [0.25, 0.3) is 0 Å². The fourth-order valence-corrected chi connectivity index (χ4v) is 4.17. The number of nitrogens with one attached hydrogen (secondary N) is 1. The number of carbonyl (C=O) groups excluding carboxylic acids is 2. The predicted molar refractivity (Wildman–Crippen MR) is 86.9 cm³/mol. The average Bonchev–Trinajstić information content (AvgIpc) is 2.80. The highest BCUT2D eigenvalue weighted by molar-refractivity contribution is 5.86. The second-order valence-corrected chi connectivity index (χ2v) is 7.28. The Morgan fingerprint density at radius 3 is 2.71 bits per heavy atom. The van der Waals surface area contributed by atoms with Gasteiger partial charge in [-0.1, -0.05) is 0 Å². The van der Waals surface area contributed by atoms with Gasteiger partial charge in [0.25, 0.3) is 0 Å². The molecule has 0 aromatic heterocycles. The van der Waals surface area contributed by atoms with E-state index in [2.05, 4.69) is 23.3 Å². The minimum atomic E-state index is -0.936. The molecule has 3 saturated heterocycles. The molecular formula is C17H26N4O3. The highest BCUT2D eigenvalue weighted by Crippen LogP contribution is 2.36. The third-order valence-electron chi connectivity index (χ3n) is 5.99. The van der Waals surface area contributed by atoms with E-state index in [4.69, 9.17) is 4.74 Å². The molecule has 0 bridgehead atoms. The molecule has 3 aliphatic rings. The van der Waals surface area contributed by atoms with Crippen molar-refractivity contribution < 1.29 is 14.3 Å². The van der Waals surface area contributed by atoms with Crippen LogP contribution in [0.1, 0.15) is 32.1 Å². The Morgan fingerprint density at radius 1 is 1.25 bits per heavy atom. The Kier molecular flexibility index (Phi) is 4.79. The van der Waals surface area contributed by atoms with Crippen LogP contribution >= 0.6 is 0 Å². The number of nitrogens with zero attached hydrogens (tertiary/aromatic N) is 3. The summed E-state index contributed by atoms with van der Waals surface area (Å²) in [5.74, 6) is 0.0333. The molecule has 3 fully saturated rings. The van der Waals surface area contributed by atoms with Crippen molar-refractivity contribution in [2.45, 2.75) is 37.6 Å². The molecule has 0 radical (unpaired) electrons. The summed E-state index contributed by atoms with van der Waals surface area (Å²) in [6, 6.07) is 2.29. The van der Waals surface area contributed by atoms with Crippen LogP contribution in [-0.2, 0) is 14.3 Å². The largest absolute Gasteiger partial charge is 0.381 e. The van der Waals surface area contributed by atoms with Crippen LogP contribution in [0.2, 0.25) is 0 Å². The fourth-order valence-electron chi connectivity index (χ4n) is 4.17. The standard InChI is InChI=1S/C17H26N4O3/c1-20-8-9-21(13-17(20)3-2-14(22)19-7-4-17)15(23)16(12-18)5-10-24-11-6-16/h2-11,13H2,1H3,(H,19,22)/t17-/m0/s1. The van der Waals surface area contributed by atoms with Crippen LogP contribution in [0.3, 0.4) is 0 Å². The third-order valence-corrected chi connectivity index (χ3v) is 5.99. The van der Waals surface area contributed by atoms with Gasteiger partial charge in [0.1, 0.15) is 5.41 Å². The molecular weight excluding hydrogens is 308 g/mol.